The van der Waals surface area contributed by atoms with Gasteiger partial charge in [0.05, 0.1) is 0 Å². The Balaban J connectivity index is 1.87. The molecular formula is C15H26ClNO. The molecule has 0 aromatic rings. The SMILES string of the molecule is CC1(C(=O)NCC2(CCl)CCCC2)CCCCC1. The van der Waals surface area contributed by atoms with Crippen molar-refractivity contribution < 1.29 is 4.79 Å². The smallest absolute Gasteiger partial charge is 0.225 e. The van der Waals surface area contributed by atoms with Crippen molar-refractivity contribution in [2.45, 2.75) is 64.7 Å². The molecule has 0 aliphatic heterocycles. The van der Waals surface area contributed by atoms with Gasteiger partial charge in [0.1, 0.15) is 0 Å². The van der Waals surface area contributed by atoms with E-state index in [-0.39, 0.29) is 16.7 Å². The fraction of sp³-hybridized carbons (Fsp3) is 0.933. The highest BCUT2D eigenvalue weighted by Crippen LogP contribution is 2.40. The molecule has 2 aliphatic carbocycles. The molecule has 0 unspecified atom stereocenters. The third-order valence-electron chi connectivity index (χ3n) is 5.08. The van der Waals surface area contributed by atoms with Crippen molar-refractivity contribution in [3.8, 4) is 0 Å². The van der Waals surface area contributed by atoms with Crippen LogP contribution in [0.2, 0.25) is 0 Å². The lowest BCUT2D eigenvalue weighted by Crippen LogP contribution is -2.45. The van der Waals surface area contributed by atoms with Gasteiger partial charge in [0, 0.05) is 23.3 Å². The van der Waals surface area contributed by atoms with Crippen LogP contribution in [0.5, 0.6) is 0 Å². The Labute approximate surface area is 116 Å². The van der Waals surface area contributed by atoms with Gasteiger partial charge in [-0.1, -0.05) is 39.0 Å². The van der Waals surface area contributed by atoms with Crippen molar-refractivity contribution >= 4 is 17.5 Å². The lowest BCUT2D eigenvalue weighted by Gasteiger charge is -2.34. The number of hydrogen-bond acceptors (Lipinski definition) is 1. The molecule has 3 heteroatoms. The lowest BCUT2D eigenvalue weighted by molar-refractivity contribution is -0.132. The van der Waals surface area contributed by atoms with Crippen LogP contribution in [0.1, 0.15) is 64.7 Å². The Morgan fingerprint density at radius 3 is 2.17 bits per heavy atom. The van der Waals surface area contributed by atoms with Crippen LogP contribution in [0, 0.1) is 10.8 Å². The molecule has 0 spiro atoms. The van der Waals surface area contributed by atoms with E-state index in [9.17, 15) is 4.79 Å². The summed E-state index contributed by atoms with van der Waals surface area (Å²) in [7, 11) is 0. The number of hydrogen-bond donors (Lipinski definition) is 1. The Bertz CT molecular complexity index is 291. The van der Waals surface area contributed by atoms with Crippen LogP contribution in [0.25, 0.3) is 0 Å². The first-order chi connectivity index (χ1) is 8.60. The first-order valence-corrected chi connectivity index (χ1v) is 7.98. The second-order valence-corrected chi connectivity index (χ2v) is 6.91. The van der Waals surface area contributed by atoms with Gasteiger partial charge < -0.3 is 5.32 Å². The van der Waals surface area contributed by atoms with E-state index in [0.717, 1.165) is 19.4 Å². The predicted octanol–water partition coefficient (Wildman–Crippen LogP) is 3.87. The van der Waals surface area contributed by atoms with Crippen LogP contribution >= 0.6 is 11.6 Å². The molecule has 2 fully saturated rings. The summed E-state index contributed by atoms with van der Waals surface area (Å²) in [5.74, 6) is 0.947. The van der Waals surface area contributed by atoms with E-state index in [1.165, 1.54) is 44.9 Å². The molecule has 0 aromatic heterocycles. The molecule has 2 saturated carbocycles. The van der Waals surface area contributed by atoms with Crippen molar-refractivity contribution in [2.24, 2.45) is 10.8 Å². The summed E-state index contributed by atoms with van der Waals surface area (Å²) < 4.78 is 0. The molecule has 2 rings (SSSR count). The minimum Gasteiger partial charge on any atom is -0.355 e. The van der Waals surface area contributed by atoms with Gasteiger partial charge in [-0.3, -0.25) is 4.79 Å². The van der Waals surface area contributed by atoms with Crippen molar-refractivity contribution in [1.82, 2.24) is 5.32 Å². The molecule has 2 aliphatic rings. The summed E-state index contributed by atoms with van der Waals surface area (Å²) >= 11 is 6.12. The highest BCUT2D eigenvalue weighted by atomic mass is 35.5. The minimum absolute atomic E-state index is 0.121. The van der Waals surface area contributed by atoms with Crippen LogP contribution in [0.3, 0.4) is 0 Å². The van der Waals surface area contributed by atoms with Gasteiger partial charge in [0.25, 0.3) is 0 Å². The minimum atomic E-state index is -0.121. The highest BCUT2D eigenvalue weighted by Gasteiger charge is 2.37. The zero-order chi connectivity index (χ0) is 13.1. The van der Waals surface area contributed by atoms with Gasteiger partial charge in [-0.15, -0.1) is 11.6 Å². The summed E-state index contributed by atoms with van der Waals surface area (Å²) in [6.45, 7) is 2.91. The lowest BCUT2D eigenvalue weighted by atomic mass is 9.75. The van der Waals surface area contributed by atoms with Crippen LogP contribution in [0.4, 0.5) is 0 Å². The number of halogens is 1. The molecule has 1 N–H and O–H groups in total. The third kappa shape index (κ3) is 3.01. The molecule has 0 atom stereocenters. The number of carbonyl (C=O) groups is 1. The van der Waals surface area contributed by atoms with E-state index < -0.39 is 0 Å². The van der Waals surface area contributed by atoms with E-state index in [2.05, 4.69) is 12.2 Å². The average molecular weight is 272 g/mol. The van der Waals surface area contributed by atoms with Gasteiger partial charge in [-0.2, -0.15) is 0 Å². The standard InChI is InChI=1S/C15H26ClNO/c1-14(7-3-2-4-8-14)13(18)17-12-15(11-16)9-5-6-10-15/h2-12H2,1H3,(H,17,18). The van der Waals surface area contributed by atoms with Crippen LogP contribution in [-0.2, 0) is 4.79 Å². The fourth-order valence-electron chi connectivity index (χ4n) is 3.52. The summed E-state index contributed by atoms with van der Waals surface area (Å²) in [6, 6.07) is 0. The fourth-order valence-corrected chi connectivity index (χ4v) is 3.88. The second-order valence-electron chi connectivity index (χ2n) is 6.64. The molecule has 0 aromatic carbocycles. The van der Waals surface area contributed by atoms with Crippen molar-refractivity contribution in [1.29, 1.82) is 0 Å². The first-order valence-electron chi connectivity index (χ1n) is 7.45. The maximum absolute atomic E-state index is 12.4. The van der Waals surface area contributed by atoms with Crippen LogP contribution in [0.15, 0.2) is 0 Å². The van der Waals surface area contributed by atoms with Gasteiger partial charge in [0.2, 0.25) is 5.91 Å². The van der Waals surface area contributed by atoms with Crippen LogP contribution in [-0.4, -0.2) is 18.3 Å². The quantitative estimate of drug-likeness (QED) is 0.773. The number of carbonyl (C=O) groups excluding carboxylic acids is 1. The Kier molecular flexibility index (Phi) is 4.58. The van der Waals surface area contributed by atoms with E-state index in [1.807, 2.05) is 0 Å². The van der Waals surface area contributed by atoms with Gasteiger partial charge >= 0.3 is 0 Å². The van der Waals surface area contributed by atoms with Gasteiger partial charge in [0.15, 0.2) is 0 Å². The predicted molar refractivity (Wildman–Crippen MR) is 75.8 cm³/mol. The second kappa shape index (κ2) is 5.81. The first kappa shape index (κ1) is 14.2. The molecule has 0 bridgehead atoms. The normalized spacial score (nSPS) is 25.9. The molecule has 18 heavy (non-hydrogen) atoms. The van der Waals surface area contributed by atoms with Crippen molar-refractivity contribution in [3.05, 3.63) is 0 Å². The number of alkyl halides is 1. The topological polar surface area (TPSA) is 29.1 Å². The molecule has 0 radical (unpaired) electrons. The molecule has 0 saturated heterocycles. The Morgan fingerprint density at radius 2 is 1.61 bits per heavy atom. The van der Waals surface area contributed by atoms with E-state index in [0.29, 0.717) is 5.88 Å². The monoisotopic (exact) mass is 271 g/mol. The molecule has 104 valence electrons. The number of nitrogens with one attached hydrogen (secondary N) is 1. The number of rotatable bonds is 4. The van der Waals surface area contributed by atoms with Gasteiger partial charge in [-0.05, 0) is 25.7 Å². The van der Waals surface area contributed by atoms with E-state index in [4.69, 9.17) is 11.6 Å². The third-order valence-corrected chi connectivity index (χ3v) is 5.64. The van der Waals surface area contributed by atoms with E-state index >= 15 is 0 Å². The maximum Gasteiger partial charge on any atom is 0.225 e. The largest absolute Gasteiger partial charge is 0.355 e. The van der Waals surface area contributed by atoms with E-state index in [1.54, 1.807) is 0 Å². The summed E-state index contributed by atoms with van der Waals surface area (Å²) in [5.41, 5.74) is 0.0621. The number of amides is 1. The summed E-state index contributed by atoms with van der Waals surface area (Å²) in [6.07, 6.45) is 10.7. The maximum atomic E-state index is 12.4. The average Bonchev–Trinajstić information content (AvgIpc) is 2.86. The van der Waals surface area contributed by atoms with Crippen molar-refractivity contribution in [3.63, 3.8) is 0 Å². The molecule has 2 nitrogen and oxygen atoms in total. The molecular weight excluding hydrogens is 246 g/mol. The zero-order valence-corrected chi connectivity index (χ0v) is 12.3. The molecule has 1 amide bonds. The summed E-state index contributed by atoms with van der Waals surface area (Å²) in [5, 5.41) is 3.20. The Hall–Kier alpha value is -0.240. The molecule has 0 heterocycles. The zero-order valence-electron chi connectivity index (χ0n) is 11.6. The van der Waals surface area contributed by atoms with Crippen LogP contribution < -0.4 is 5.32 Å². The van der Waals surface area contributed by atoms with Crippen molar-refractivity contribution in [2.75, 3.05) is 12.4 Å². The summed E-state index contributed by atoms with van der Waals surface area (Å²) in [4.78, 5) is 12.4. The van der Waals surface area contributed by atoms with Gasteiger partial charge in [-0.25, -0.2) is 0 Å². The highest BCUT2D eigenvalue weighted by molar-refractivity contribution is 6.18. The Morgan fingerprint density at radius 1 is 1.06 bits per heavy atom.